The monoisotopic (exact) mass is 452 g/mol. The first-order chi connectivity index (χ1) is 13.7. The minimum atomic E-state index is -3.88. The van der Waals surface area contributed by atoms with Crippen molar-refractivity contribution >= 4 is 60.6 Å². The molecule has 29 heavy (non-hydrogen) atoms. The molecule has 3 rings (SSSR count). The Morgan fingerprint density at radius 1 is 1.10 bits per heavy atom. The smallest absolute Gasteiger partial charge is 0.348 e. The van der Waals surface area contributed by atoms with Gasteiger partial charge in [0.05, 0.1) is 18.0 Å². The summed E-state index contributed by atoms with van der Waals surface area (Å²) in [6.07, 6.45) is 0. The van der Waals surface area contributed by atoms with E-state index in [9.17, 15) is 18.0 Å². The van der Waals surface area contributed by atoms with Gasteiger partial charge in [-0.25, -0.2) is 13.2 Å². The second kappa shape index (κ2) is 8.50. The largest absolute Gasteiger partial charge is 0.465 e. The predicted molar refractivity (Wildman–Crippen MR) is 113 cm³/mol. The zero-order chi connectivity index (χ0) is 21.2. The van der Waals surface area contributed by atoms with Crippen LogP contribution in [0.15, 0.2) is 53.4 Å². The minimum Gasteiger partial charge on any atom is -0.465 e. The normalized spacial score (nSPS) is 12.5. The van der Waals surface area contributed by atoms with Crippen LogP contribution in [0.3, 0.4) is 0 Å². The van der Waals surface area contributed by atoms with Crippen LogP contribution in [-0.4, -0.2) is 33.4 Å². The number of hydrogen-bond acceptors (Lipinski definition) is 6. The van der Waals surface area contributed by atoms with E-state index in [4.69, 9.17) is 16.3 Å². The number of thiophene rings is 1. The van der Waals surface area contributed by atoms with E-state index < -0.39 is 27.9 Å². The van der Waals surface area contributed by atoms with E-state index in [0.717, 1.165) is 10.1 Å². The number of esters is 1. The van der Waals surface area contributed by atoms with Gasteiger partial charge in [0.25, 0.3) is 0 Å². The number of methoxy groups -OCH3 is 1. The topological polar surface area (TPSA) is 102 Å². The van der Waals surface area contributed by atoms with Gasteiger partial charge in [0.1, 0.15) is 4.88 Å². The number of carbonyl (C=O) groups excluding carboxylic acids is 2. The van der Waals surface area contributed by atoms with Crippen molar-refractivity contribution in [3.8, 4) is 0 Å². The van der Waals surface area contributed by atoms with Gasteiger partial charge in [-0.15, -0.1) is 11.3 Å². The number of ether oxygens (including phenoxy) is 1. The molecule has 3 aromatic rings. The van der Waals surface area contributed by atoms with Gasteiger partial charge in [-0.2, -0.15) is 4.72 Å². The molecule has 0 saturated carbocycles. The second-order valence-corrected chi connectivity index (χ2v) is 9.38. The summed E-state index contributed by atoms with van der Waals surface area (Å²) in [5, 5.41) is 3.85. The first-order valence-corrected chi connectivity index (χ1v) is 11.1. The highest BCUT2D eigenvalue weighted by atomic mass is 35.5. The average molecular weight is 453 g/mol. The number of amides is 1. The summed E-state index contributed by atoms with van der Waals surface area (Å²) in [6, 6.07) is 11.4. The lowest BCUT2D eigenvalue weighted by Crippen LogP contribution is -2.41. The van der Waals surface area contributed by atoms with Crippen LogP contribution in [0.1, 0.15) is 16.6 Å². The third-order valence-electron chi connectivity index (χ3n) is 4.02. The van der Waals surface area contributed by atoms with Gasteiger partial charge in [-0.05, 0) is 60.8 Å². The fraction of sp³-hybridized carbons (Fsp3) is 0.158. The highest BCUT2D eigenvalue weighted by molar-refractivity contribution is 7.89. The molecule has 1 amide bonds. The molecule has 1 atom stereocenters. The fourth-order valence-corrected chi connectivity index (χ4v) is 4.83. The van der Waals surface area contributed by atoms with Crippen molar-refractivity contribution in [3.63, 3.8) is 0 Å². The standard InChI is InChI=1S/C19H17ClN2O5S2/c1-11(22-29(25,26)15-6-3-13(20)4-7-15)18(23)21-14-5-8-16-12(9-14)10-17(28-16)19(24)27-2/h3-11,22H,1-2H3,(H,21,23). The van der Waals surface area contributed by atoms with Gasteiger partial charge < -0.3 is 10.1 Å². The van der Waals surface area contributed by atoms with Gasteiger partial charge >= 0.3 is 5.97 Å². The number of nitrogens with one attached hydrogen (secondary N) is 2. The average Bonchev–Trinajstić information content (AvgIpc) is 3.10. The van der Waals surface area contributed by atoms with Crippen LogP contribution in [0, 0.1) is 0 Å². The maximum absolute atomic E-state index is 12.4. The molecule has 2 N–H and O–H groups in total. The van der Waals surface area contributed by atoms with E-state index in [1.807, 2.05) is 0 Å². The Kier molecular flexibility index (Phi) is 6.23. The van der Waals surface area contributed by atoms with Crippen molar-refractivity contribution in [2.45, 2.75) is 17.9 Å². The maximum Gasteiger partial charge on any atom is 0.348 e. The van der Waals surface area contributed by atoms with Crippen LogP contribution in [0.4, 0.5) is 5.69 Å². The quantitative estimate of drug-likeness (QED) is 0.556. The lowest BCUT2D eigenvalue weighted by Gasteiger charge is -2.14. The molecule has 0 aliphatic rings. The van der Waals surface area contributed by atoms with E-state index in [1.165, 1.54) is 49.6 Å². The van der Waals surface area contributed by atoms with Gasteiger partial charge in [-0.1, -0.05) is 11.6 Å². The third-order valence-corrected chi connectivity index (χ3v) is 6.92. The first-order valence-electron chi connectivity index (χ1n) is 8.40. The van der Waals surface area contributed by atoms with E-state index in [-0.39, 0.29) is 4.90 Å². The SMILES string of the molecule is COC(=O)c1cc2cc(NC(=O)C(C)NS(=O)(=O)c3ccc(Cl)cc3)ccc2s1. The molecule has 0 aliphatic carbocycles. The molecule has 10 heteroatoms. The Bertz CT molecular complexity index is 1170. The number of benzene rings is 2. The molecule has 1 aromatic heterocycles. The van der Waals surface area contributed by atoms with Crippen molar-refractivity contribution in [3.05, 3.63) is 58.4 Å². The molecule has 7 nitrogen and oxygen atoms in total. The van der Waals surface area contributed by atoms with Crippen LogP contribution in [0.25, 0.3) is 10.1 Å². The summed E-state index contributed by atoms with van der Waals surface area (Å²) in [6.45, 7) is 1.45. The Labute approximate surface area is 176 Å². The highest BCUT2D eigenvalue weighted by Gasteiger charge is 2.22. The lowest BCUT2D eigenvalue weighted by atomic mass is 10.2. The Morgan fingerprint density at radius 2 is 1.79 bits per heavy atom. The molecule has 0 radical (unpaired) electrons. The lowest BCUT2D eigenvalue weighted by molar-refractivity contribution is -0.117. The summed E-state index contributed by atoms with van der Waals surface area (Å²) in [4.78, 5) is 24.6. The number of fused-ring (bicyclic) bond motifs is 1. The molecule has 0 bridgehead atoms. The molecule has 152 valence electrons. The van der Waals surface area contributed by atoms with Crippen molar-refractivity contribution < 1.29 is 22.7 Å². The van der Waals surface area contributed by atoms with Gasteiger partial charge in [-0.3, -0.25) is 4.79 Å². The van der Waals surface area contributed by atoms with Crippen molar-refractivity contribution in [2.24, 2.45) is 0 Å². The van der Waals surface area contributed by atoms with Crippen molar-refractivity contribution in [2.75, 3.05) is 12.4 Å². The van der Waals surface area contributed by atoms with Crippen LogP contribution < -0.4 is 10.0 Å². The molecule has 0 spiro atoms. The van der Waals surface area contributed by atoms with E-state index in [0.29, 0.717) is 15.6 Å². The summed E-state index contributed by atoms with van der Waals surface area (Å²) < 4.78 is 32.7. The van der Waals surface area contributed by atoms with E-state index >= 15 is 0 Å². The molecule has 0 saturated heterocycles. The summed E-state index contributed by atoms with van der Waals surface area (Å²) >= 11 is 7.05. The number of hydrogen-bond donors (Lipinski definition) is 2. The number of rotatable bonds is 6. The highest BCUT2D eigenvalue weighted by Crippen LogP contribution is 2.28. The Balaban J connectivity index is 1.72. The van der Waals surface area contributed by atoms with Crippen LogP contribution in [0.5, 0.6) is 0 Å². The number of sulfonamides is 1. The zero-order valence-electron chi connectivity index (χ0n) is 15.4. The van der Waals surface area contributed by atoms with Crippen LogP contribution >= 0.6 is 22.9 Å². The number of anilines is 1. The van der Waals surface area contributed by atoms with Crippen LogP contribution in [0.2, 0.25) is 5.02 Å². The summed E-state index contributed by atoms with van der Waals surface area (Å²) in [7, 11) is -2.57. The second-order valence-electron chi connectivity index (χ2n) is 6.14. The molecule has 1 unspecified atom stereocenters. The number of halogens is 1. The molecule has 0 fully saturated rings. The summed E-state index contributed by atoms with van der Waals surface area (Å²) in [5.74, 6) is -0.952. The maximum atomic E-state index is 12.4. The van der Waals surface area contributed by atoms with Crippen molar-refractivity contribution in [1.82, 2.24) is 4.72 Å². The van der Waals surface area contributed by atoms with Gasteiger partial charge in [0.15, 0.2) is 0 Å². The van der Waals surface area contributed by atoms with Crippen LogP contribution in [-0.2, 0) is 19.6 Å². The molecule has 1 heterocycles. The molecular formula is C19H17ClN2O5S2. The van der Waals surface area contributed by atoms with Gasteiger partial charge in [0.2, 0.25) is 15.9 Å². The third kappa shape index (κ3) is 4.94. The van der Waals surface area contributed by atoms with Gasteiger partial charge in [0, 0.05) is 15.4 Å². The molecular weight excluding hydrogens is 436 g/mol. The molecule has 0 aliphatic heterocycles. The fourth-order valence-electron chi connectivity index (χ4n) is 2.54. The van der Waals surface area contributed by atoms with E-state index in [2.05, 4.69) is 10.0 Å². The molecule has 2 aromatic carbocycles. The Hall–Kier alpha value is -2.46. The van der Waals surface area contributed by atoms with Crippen molar-refractivity contribution in [1.29, 1.82) is 0 Å². The number of carbonyl (C=O) groups is 2. The van der Waals surface area contributed by atoms with E-state index in [1.54, 1.807) is 24.3 Å². The minimum absolute atomic E-state index is 0.0107. The zero-order valence-corrected chi connectivity index (χ0v) is 17.8. The Morgan fingerprint density at radius 3 is 2.45 bits per heavy atom. The first kappa shape index (κ1) is 21.3. The predicted octanol–water partition coefficient (Wildman–Crippen LogP) is 3.65. The summed E-state index contributed by atoms with van der Waals surface area (Å²) in [5.41, 5.74) is 0.481.